The Labute approximate surface area is 154 Å². The molecule has 5 heteroatoms. The van der Waals surface area contributed by atoms with Crippen LogP contribution in [0.5, 0.6) is 0 Å². The highest BCUT2D eigenvalue weighted by molar-refractivity contribution is 5.94. The molecule has 1 amide bonds. The fraction of sp³-hybridized carbons (Fsp3) is 0.286. The van der Waals surface area contributed by atoms with Gasteiger partial charge in [-0.2, -0.15) is 5.10 Å². The number of carbonyl (C=O) groups excluding carboxylic acids is 1. The Kier molecular flexibility index (Phi) is 5.16. The van der Waals surface area contributed by atoms with Gasteiger partial charge in [0.2, 0.25) is 0 Å². The first kappa shape index (κ1) is 17.9. The minimum atomic E-state index is -0.0152. The summed E-state index contributed by atoms with van der Waals surface area (Å²) >= 11 is 0. The van der Waals surface area contributed by atoms with Crippen molar-refractivity contribution in [1.82, 2.24) is 20.1 Å². The third-order valence-electron chi connectivity index (χ3n) is 4.59. The van der Waals surface area contributed by atoms with Gasteiger partial charge in [0.1, 0.15) is 0 Å². The van der Waals surface area contributed by atoms with Gasteiger partial charge in [-0.25, -0.2) is 0 Å². The smallest absolute Gasteiger partial charge is 0.253 e. The standard InChI is InChI=1S/C21H24N4O/c1-5-16-6-11-19(22-12-16)13-25(4)21(26)18-9-7-17(8-10-18)20-14(2)23-24-15(20)3/h6-12H,5,13H2,1-4H3,(H,23,24). The van der Waals surface area contributed by atoms with Gasteiger partial charge in [-0.1, -0.05) is 25.1 Å². The molecule has 0 aliphatic heterocycles. The molecule has 0 aliphatic rings. The minimum absolute atomic E-state index is 0.0152. The van der Waals surface area contributed by atoms with Crippen molar-refractivity contribution in [2.75, 3.05) is 7.05 Å². The number of H-pyrrole nitrogens is 1. The van der Waals surface area contributed by atoms with E-state index in [1.165, 1.54) is 5.56 Å². The Bertz CT molecular complexity index is 875. The van der Waals surface area contributed by atoms with Gasteiger partial charge in [-0.05, 0) is 49.6 Å². The van der Waals surface area contributed by atoms with Gasteiger partial charge in [-0.15, -0.1) is 0 Å². The van der Waals surface area contributed by atoms with E-state index < -0.39 is 0 Å². The number of carbonyl (C=O) groups is 1. The molecule has 1 N–H and O–H groups in total. The normalized spacial score (nSPS) is 10.8. The fourth-order valence-corrected chi connectivity index (χ4v) is 3.05. The van der Waals surface area contributed by atoms with E-state index in [4.69, 9.17) is 0 Å². The van der Waals surface area contributed by atoms with E-state index in [1.54, 1.807) is 11.9 Å². The molecule has 0 unspecified atom stereocenters. The molecule has 0 radical (unpaired) electrons. The number of aromatic nitrogens is 3. The van der Waals surface area contributed by atoms with Crippen molar-refractivity contribution < 1.29 is 4.79 Å². The van der Waals surface area contributed by atoms with Gasteiger partial charge in [0.25, 0.3) is 5.91 Å². The summed E-state index contributed by atoms with van der Waals surface area (Å²) in [4.78, 5) is 18.8. The summed E-state index contributed by atoms with van der Waals surface area (Å²) in [5.74, 6) is -0.0152. The number of hydrogen-bond acceptors (Lipinski definition) is 3. The number of hydrogen-bond donors (Lipinski definition) is 1. The van der Waals surface area contributed by atoms with E-state index >= 15 is 0 Å². The Balaban J connectivity index is 1.72. The first-order valence-corrected chi connectivity index (χ1v) is 8.81. The maximum Gasteiger partial charge on any atom is 0.253 e. The maximum absolute atomic E-state index is 12.7. The SMILES string of the molecule is CCc1ccc(CN(C)C(=O)c2ccc(-c3c(C)n[nH]c3C)cc2)nc1. The predicted molar refractivity (Wildman–Crippen MR) is 103 cm³/mol. The highest BCUT2D eigenvalue weighted by Gasteiger charge is 2.14. The van der Waals surface area contributed by atoms with E-state index in [1.807, 2.05) is 50.4 Å². The Morgan fingerprint density at radius 1 is 1.12 bits per heavy atom. The summed E-state index contributed by atoms with van der Waals surface area (Å²) in [5, 5.41) is 7.22. The molecular formula is C21H24N4O. The predicted octanol–water partition coefficient (Wildman–Crippen LogP) is 3.92. The lowest BCUT2D eigenvalue weighted by atomic mass is 10.0. The van der Waals surface area contributed by atoms with Crippen molar-refractivity contribution in [1.29, 1.82) is 0 Å². The lowest BCUT2D eigenvalue weighted by Gasteiger charge is -2.17. The topological polar surface area (TPSA) is 61.9 Å². The molecule has 0 aliphatic carbocycles. The fourth-order valence-electron chi connectivity index (χ4n) is 3.05. The zero-order chi connectivity index (χ0) is 18.7. The summed E-state index contributed by atoms with van der Waals surface area (Å²) in [6.45, 7) is 6.56. The number of aryl methyl sites for hydroxylation is 3. The molecule has 134 valence electrons. The largest absolute Gasteiger partial charge is 0.336 e. The van der Waals surface area contributed by atoms with Crippen LogP contribution < -0.4 is 0 Å². The zero-order valence-electron chi connectivity index (χ0n) is 15.7. The van der Waals surface area contributed by atoms with E-state index in [0.29, 0.717) is 12.1 Å². The summed E-state index contributed by atoms with van der Waals surface area (Å²) in [6.07, 6.45) is 2.84. The molecule has 0 fully saturated rings. The summed E-state index contributed by atoms with van der Waals surface area (Å²) in [6, 6.07) is 11.7. The number of rotatable bonds is 5. The maximum atomic E-state index is 12.7. The van der Waals surface area contributed by atoms with Crippen molar-refractivity contribution >= 4 is 5.91 Å². The average molecular weight is 348 g/mol. The molecule has 1 aromatic carbocycles. The molecule has 2 heterocycles. The monoisotopic (exact) mass is 348 g/mol. The lowest BCUT2D eigenvalue weighted by molar-refractivity contribution is 0.0783. The molecule has 0 bridgehead atoms. The van der Waals surface area contributed by atoms with E-state index in [0.717, 1.165) is 34.6 Å². The second kappa shape index (κ2) is 7.52. The first-order chi connectivity index (χ1) is 12.5. The number of amides is 1. The number of nitrogens with zero attached hydrogens (tertiary/aromatic N) is 3. The van der Waals surface area contributed by atoms with Gasteiger partial charge in [0.15, 0.2) is 0 Å². The van der Waals surface area contributed by atoms with Crippen LogP contribution in [-0.2, 0) is 13.0 Å². The number of benzene rings is 1. The van der Waals surface area contributed by atoms with Gasteiger partial charge >= 0.3 is 0 Å². The van der Waals surface area contributed by atoms with Crippen LogP contribution >= 0.6 is 0 Å². The molecule has 2 aromatic heterocycles. The van der Waals surface area contributed by atoms with Crippen molar-refractivity contribution in [3.8, 4) is 11.1 Å². The van der Waals surface area contributed by atoms with Crippen LogP contribution in [0.15, 0.2) is 42.6 Å². The minimum Gasteiger partial charge on any atom is -0.336 e. The number of pyridine rings is 1. The summed E-state index contributed by atoms with van der Waals surface area (Å²) in [7, 11) is 1.80. The van der Waals surface area contributed by atoms with Crippen LogP contribution in [0.25, 0.3) is 11.1 Å². The highest BCUT2D eigenvalue weighted by atomic mass is 16.2. The molecule has 0 spiro atoms. The van der Waals surface area contributed by atoms with Crippen LogP contribution in [0.4, 0.5) is 0 Å². The van der Waals surface area contributed by atoms with E-state index in [9.17, 15) is 4.79 Å². The molecule has 0 atom stereocenters. The first-order valence-electron chi connectivity index (χ1n) is 8.81. The van der Waals surface area contributed by atoms with Crippen molar-refractivity contribution in [2.24, 2.45) is 0 Å². The molecule has 5 nitrogen and oxygen atoms in total. The second-order valence-electron chi connectivity index (χ2n) is 6.56. The van der Waals surface area contributed by atoms with Crippen LogP contribution in [0.3, 0.4) is 0 Å². The average Bonchev–Trinajstić information content (AvgIpc) is 3.00. The Morgan fingerprint density at radius 3 is 2.38 bits per heavy atom. The second-order valence-corrected chi connectivity index (χ2v) is 6.56. The van der Waals surface area contributed by atoms with Crippen LogP contribution in [0.2, 0.25) is 0 Å². The molecule has 0 saturated carbocycles. The molecular weight excluding hydrogens is 324 g/mol. The van der Waals surface area contributed by atoms with E-state index in [2.05, 4.69) is 28.2 Å². The molecule has 26 heavy (non-hydrogen) atoms. The van der Waals surface area contributed by atoms with Crippen molar-refractivity contribution in [3.05, 3.63) is 70.8 Å². The molecule has 0 saturated heterocycles. The quantitative estimate of drug-likeness (QED) is 0.760. The van der Waals surface area contributed by atoms with Crippen molar-refractivity contribution in [3.63, 3.8) is 0 Å². The zero-order valence-corrected chi connectivity index (χ0v) is 15.7. The van der Waals surface area contributed by atoms with Crippen molar-refractivity contribution in [2.45, 2.75) is 33.7 Å². The van der Waals surface area contributed by atoms with Gasteiger partial charge in [0, 0.05) is 30.1 Å². The summed E-state index contributed by atoms with van der Waals surface area (Å²) < 4.78 is 0. The number of nitrogens with one attached hydrogen (secondary N) is 1. The highest BCUT2D eigenvalue weighted by Crippen LogP contribution is 2.25. The molecule has 3 rings (SSSR count). The van der Waals surface area contributed by atoms with Crippen LogP contribution in [0, 0.1) is 13.8 Å². The third-order valence-corrected chi connectivity index (χ3v) is 4.59. The number of aromatic amines is 1. The van der Waals surface area contributed by atoms with Crippen LogP contribution in [-0.4, -0.2) is 33.0 Å². The summed E-state index contributed by atoms with van der Waals surface area (Å²) in [5.41, 5.74) is 6.89. The van der Waals surface area contributed by atoms with Crippen LogP contribution in [0.1, 0.15) is 39.9 Å². The third kappa shape index (κ3) is 3.67. The van der Waals surface area contributed by atoms with Gasteiger partial charge < -0.3 is 4.90 Å². The Morgan fingerprint density at radius 2 is 1.85 bits per heavy atom. The lowest BCUT2D eigenvalue weighted by Crippen LogP contribution is -2.26. The van der Waals surface area contributed by atoms with Gasteiger partial charge in [-0.3, -0.25) is 14.9 Å². The molecule has 3 aromatic rings. The Hall–Kier alpha value is -2.95. The van der Waals surface area contributed by atoms with Gasteiger partial charge in [0.05, 0.1) is 17.9 Å². The van der Waals surface area contributed by atoms with E-state index in [-0.39, 0.29) is 5.91 Å².